The van der Waals surface area contributed by atoms with Crippen LogP contribution in [0.15, 0.2) is 59.1 Å². The van der Waals surface area contributed by atoms with Crippen LogP contribution in [0.2, 0.25) is 0 Å². The first-order valence-electron chi connectivity index (χ1n) is 9.92. The number of piperidine rings is 1. The molecule has 2 aromatic carbocycles. The Labute approximate surface area is 173 Å². The minimum Gasteiger partial charge on any atom is -0.484 e. The van der Waals surface area contributed by atoms with Crippen molar-refractivity contribution in [1.29, 1.82) is 0 Å². The smallest absolute Gasteiger partial charge is 0.260 e. The van der Waals surface area contributed by atoms with Gasteiger partial charge in [-0.15, -0.1) is 0 Å². The second-order valence-corrected chi connectivity index (χ2v) is 7.39. The fourth-order valence-electron chi connectivity index (χ4n) is 3.61. The normalized spacial score (nSPS) is 16.5. The molecule has 1 amide bonds. The molecule has 0 aliphatic carbocycles. The van der Waals surface area contributed by atoms with Crippen molar-refractivity contribution in [3.8, 4) is 5.75 Å². The Morgan fingerprint density at radius 2 is 2.00 bits per heavy atom. The Hall–Kier alpha value is -3.22. The highest BCUT2D eigenvalue weighted by Crippen LogP contribution is 2.27. The van der Waals surface area contributed by atoms with Gasteiger partial charge in [-0.05, 0) is 54.8 Å². The van der Waals surface area contributed by atoms with Crippen LogP contribution in [0, 0.1) is 11.6 Å². The van der Waals surface area contributed by atoms with Gasteiger partial charge in [0.25, 0.3) is 5.91 Å². The SMILES string of the molecule is O=C(COc1ccc(F)cc1)N1CCC[C@H](c2ncc(Cc3cccc(F)c3)o2)C1. The van der Waals surface area contributed by atoms with Crippen molar-refractivity contribution in [2.24, 2.45) is 0 Å². The molecule has 1 saturated heterocycles. The summed E-state index contributed by atoms with van der Waals surface area (Å²) in [5.41, 5.74) is 0.816. The number of ether oxygens (including phenoxy) is 1. The van der Waals surface area contributed by atoms with Gasteiger partial charge >= 0.3 is 0 Å². The lowest BCUT2D eigenvalue weighted by molar-refractivity contribution is -0.134. The van der Waals surface area contributed by atoms with Gasteiger partial charge < -0.3 is 14.1 Å². The highest BCUT2D eigenvalue weighted by atomic mass is 19.1. The molecule has 1 aliphatic rings. The second-order valence-electron chi connectivity index (χ2n) is 7.39. The standard InChI is InChI=1S/C23H22F2N2O3/c24-18-6-8-20(9-7-18)29-15-22(28)27-10-2-4-17(14-27)23-26-13-21(30-23)12-16-3-1-5-19(25)11-16/h1,3,5-9,11,13,17H,2,4,10,12,14-15H2/t17-/m0/s1. The van der Waals surface area contributed by atoms with Gasteiger partial charge in [0, 0.05) is 19.5 Å². The minimum atomic E-state index is -0.352. The summed E-state index contributed by atoms with van der Waals surface area (Å²) in [4.78, 5) is 18.7. The molecule has 1 fully saturated rings. The van der Waals surface area contributed by atoms with Gasteiger partial charge in [0.15, 0.2) is 12.5 Å². The third-order valence-electron chi connectivity index (χ3n) is 5.14. The fraction of sp³-hybridized carbons (Fsp3) is 0.304. The number of oxazole rings is 1. The number of hydrogen-bond acceptors (Lipinski definition) is 4. The van der Waals surface area contributed by atoms with Gasteiger partial charge in [0.2, 0.25) is 0 Å². The van der Waals surface area contributed by atoms with E-state index in [-0.39, 0.29) is 30.1 Å². The van der Waals surface area contributed by atoms with Crippen LogP contribution in [-0.4, -0.2) is 35.5 Å². The maximum Gasteiger partial charge on any atom is 0.260 e. The molecule has 156 valence electrons. The Balaban J connectivity index is 1.33. The number of nitrogens with zero attached hydrogens (tertiary/aromatic N) is 2. The third kappa shape index (κ3) is 5.03. The molecule has 0 bridgehead atoms. The summed E-state index contributed by atoms with van der Waals surface area (Å²) in [6.07, 6.45) is 3.85. The lowest BCUT2D eigenvalue weighted by Crippen LogP contribution is -2.41. The van der Waals surface area contributed by atoms with Crippen molar-refractivity contribution in [2.45, 2.75) is 25.2 Å². The van der Waals surface area contributed by atoms with E-state index in [4.69, 9.17) is 9.15 Å². The molecule has 4 rings (SSSR count). The van der Waals surface area contributed by atoms with Gasteiger partial charge in [0.05, 0.1) is 12.1 Å². The Morgan fingerprint density at radius 1 is 1.17 bits per heavy atom. The zero-order valence-corrected chi connectivity index (χ0v) is 16.4. The Bertz CT molecular complexity index is 1000. The monoisotopic (exact) mass is 412 g/mol. The molecule has 3 aromatic rings. The largest absolute Gasteiger partial charge is 0.484 e. The molecule has 0 N–H and O–H groups in total. The van der Waals surface area contributed by atoms with E-state index in [1.54, 1.807) is 17.2 Å². The second kappa shape index (κ2) is 9.07. The molecule has 5 nitrogen and oxygen atoms in total. The molecule has 30 heavy (non-hydrogen) atoms. The van der Waals surface area contributed by atoms with Gasteiger partial charge in [-0.25, -0.2) is 13.8 Å². The minimum absolute atomic E-state index is 0.00906. The van der Waals surface area contributed by atoms with Gasteiger partial charge in [-0.2, -0.15) is 0 Å². The third-order valence-corrected chi connectivity index (χ3v) is 5.14. The van der Waals surface area contributed by atoms with Crippen LogP contribution in [0.4, 0.5) is 8.78 Å². The molecule has 1 aromatic heterocycles. The number of halogens is 2. The molecular weight excluding hydrogens is 390 g/mol. The van der Waals surface area contributed by atoms with Crippen molar-refractivity contribution in [3.05, 3.63) is 83.6 Å². The summed E-state index contributed by atoms with van der Waals surface area (Å²) in [6.45, 7) is 1.05. The van der Waals surface area contributed by atoms with Crippen LogP contribution in [0.3, 0.4) is 0 Å². The Morgan fingerprint density at radius 3 is 2.80 bits per heavy atom. The molecular formula is C23H22F2N2O3. The molecule has 1 atom stereocenters. The van der Waals surface area contributed by atoms with E-state index in [1.807, 2.05) is 6.07 Å². The highest BCUT2D eigenvalue weighted by Gasteiger charge is 2.28. The van der Waals surface area contributed by atoms with Crippen LogP contribution < -0.4 is 4.74 Å². The molecule has 2 heterocycles. The number of benzene rings is 2. The van der Waals surface area contributed by atoms with E-state index in [9.17, 15) is 13.6 Å². The fourth-order valence-corrected chi connectivity index (χ4v) is 3.61. The zero-order valence-electron chi connectivity index (χ0n) is 16.4. The van der Waals surface area contributed by atoms with Gasteiger partial charge in [-0.3, -0.25) is 4.79 Å². The highest BCUT2D eigenvalue weighted by molar-refractivity contribution is 5.78. The van der Waals surface area contributed by atoms with E-state index in [0.717, 1.165) is 18.4 Å². The first-order chi connectivity index (χ1) is 14.6. The number of aromatic nitrogens is 1. The van der Waals surface area contributed by atoms with Crippen molar-refractivity contribution < 1.29 is 22.7 Å². The van der Waals surface area contributed by atoms with Crippen molar-refractivity contribution in [3.63, 3.8) is 0 Å². The summed E-state index contributed by atoms with van der Waals surface area (Å²) in [5, 5.41) is 0. The molecule has 7 heteroatoms. The molecule has 0 unspecified atom stereocenters. The predicted octanol–water partition coefficient (Wildman–Crippen LogP) is 4.33. The predicted molar refractivity (Wildman–Crippen MR) is 106 cm³/mol. The Kier molecular flexibility index (Phi) is 6.07. The zero-order chi connectivity index (χ0) is 20.9. The number of amides is 1. The van der Waals surface area contributed by atoms with E-state index >= 15 is 0 Å². The summed E-state index contributed by atoms with van der Waals surface area (Å²) in [7, 11) is 0. The average molecular weight is 412 g/mol. The summed E-state index contributed by atoms with van der Waals surface area (Å²) in [6, 6.07) is 12.0. The van der Waals surface area contributed by atoms with E-state index in [1.165, 1.54) is 36.4 Å². The molecule has 0 spiro atoms. The first kappa shape index (κ1) is 20.1. The number of carbonyl (C=O) groups is 1. The van der Waals surface area contributed by atoms with E-state index in [0.29, 0.717) is 36.9 Å². The summed E-state index contributed by atoms with van der Waals surface area (Å²) in [5.74, 6) is 0.960. The van der Waals surface area contributed by atoms with Crippen LogP contribution >= 0.6 is 0 Å². The molecule has 1 aliphatic heterocycles. The molecule has 0 saturated carbocycles. The number of carbonyl (C=O) groups excluding carboxylic acids is 1. The number of hydrogen-bond donors (Lipinski definition) is 0. The van der Waals surface area contributed by atoms with Crippen LogP contribution in [0.25, 0.3) is 0 Å². The summed E-state index contributed by atoms with van der Waals surface area (Å²) >= 11 is 0. The molecule has 0 radical (unpaired) electrons. The first-order valence-corrected chi connectivity index (χ1v) is 9.92. The maximum absolute atomic E-state index is 13.4. The quantitative estimate of drug-likeness (QED) is 0.605. The van der Waals surface area contributed by atoms with Crippen molar-refractivity contribution in [2.75, 3.05) is 19.7 Å². The maximum atomic E-state index is 13.4. The topological polar surface area (TPSA) is 55.6 Å². The van der Waals surface area contributed by atoms with Gasteiger partial charge in [0.1, 0.15) is 23.1 Å². The summed E-state index contributed by atoms with van der Waals surface area (Å²) < 4.78 is 37.7. The lowest BCUT2D eigenvalue weighted by Gasteiger charge is -2.31. The van der Waals surface area contributed by atoms with Crippen LogP contribution in [0.5, 0.6) is 5.75 Å². The van der Waals surface area contributed by atoms with Crippen LogP contribution in [-0.2, 0) is 11.2 Å². The average Bonchev–Trinajstić information content (AvgIpc) is 3.22. The van der Waals surface area contributed by atoms with E-state index in [2.05, 4.69) is 4.98 Å². The van der Waals surface area contributed by atoms with Crippen LogP contribution in [0.1, 0.15) is 36.0 Å². The van der Waals surface area contributed by atoms with Gasteiger partial charge in [-0.1, -0.05) is 12.1 Å². The van der Waals surface area contributed by atoms with Crippen molar-refractivity contribution >= 4 is 5.91 Å². The number of rotatable bonds is 6. The van der Waals surface area contributed by atoms with E-state index < -0.39 is 0 Å². The lowest BCUT2D eigenvalue weighted by atomic mass is 9.98. The number of likely N-dealkylation sites (tertiary alicyclic amines) is 1. The van der Waals surface area contributed by atoms with Crippen molar-refractivity contribution in [1.82, 2.24) is 9.88 Å².